The lowest BCUT2D eigenvalue weighted by molar-refractivity contribution is 0.0983. The summed E-state index contributed by atoms with van der Waals surface area (Å²) >= 11 is 0. The lowest BCUT2D eigenvalue weighted by Gasteiger charge is -2.45. The van der Waals surface area contributed by atoms with E-state index in [1.165, 1.54) is 25.7 Å². The van der Waals surface area contributed by atoms with Crippen LogP contribution in [0.3, 0.4) is 0 Å². The summed E-state index contributed by atoms with van der Waals surface area (Å²) in [5.41, 5.74) is 6.81. The van der Waals surface area contributed by atoms with Gasteiger partial charge >= 0.3 is 0 Å². The van der Waals surface area contributed by atoms with Crippen LogP contribution in [0.1, 0.15) is 53.4 Å². The van der Waals surface area contributed by atoms with Crippen LogP contribution in [-0.2, 0) is 0 Å². The Balaban J connectivity index is 2.70. The average molecular weight is 169 g/mol. The Bertz CT molecular complexity index is 162. The van der Waals surface area contributed by atoms with Gasteiger partial charge in [0.1, 0.15) is 0 Å². The third kappa shape index (κ3) is 2.22. The van der Waals surface area contributed by atoms with E-state index in [1.54, 1.807) is 0 Å². The molecule has 0 aromatic rings. The van der Waals surface area contributed by atoms with E-state index in [1.807, 2.05) is 0 Å². The monoisotopic (exact) mass is 169 g/mol. The molecular weight excluding hydrogens is 146 g/mol. The Labute approximate surface area is 76.7 Å². The Kier molecular flexibility index (Phi) is 2.53. The summed E-state index contributed by atoms with van der Waals surface area (Å²) in [5, 5.41) is 0. The van der Waals surface area contributed by atoms with Crippen LogP contribution in [-0.4, -0.2) is 5.54 Å². The number of nitrogens with two attached hydrogens (primary N) is 1. The van der Waals surface area contributed by atoms with Gasteiger partial charge in [-0.3, -0.25) is 0 Å². The molecule has 1 aliphatic carbocycles. The molecule has 72 valence electrons. The predicted molar refractivity (Wildman–Crippen MR) is 54.0 cm³/mol. The fourth-order valence-electron chi connectivity index (χ4n) is 3.10. The first-order chi connectivity index (χ1) is 5.37. The molecule has 1 saturated carbocycles. The molecule has 2 N–H and O–H groups in total. The largest absolute Gasteiger partial charge is 0.325 e. The Hall–Kier alpha value is -0.0400. The Morgan fingerprint density at radius 1 is 1.33 bits per heavy atom. The summed E-state index contributed by atoms with van der Waals surface area (Å²) in [4.78, 5) is 0. The van der Waals surface area contributed by atoms with Gasteiger partial charge in [0, 0.05) is 5.54 Å². The van der Waals surface area contributed by atoms with Crippen LogP contribution in [0.2, 0.25) is 0 Å². The zero-order chi connectivity index (χ0) is 9.41. The molecule has 1 aliphatic rings. The minimum Gasteiger partial charge on any atom is -0.325 e. The SMILES string of the molecule is CC[C@@]1(C)C[C@H](C)C[C@@](C)(N)C1. The molecule has 0 aromatic carbocycles. The van der Waals surface area contributed by atoms with Crippen molar-refractivity contribution in [3.63, 3.8) is 0 Å². The second kappa shape index (κ2) is 3.02. The molecule has 1 nitrogen and oxygen atoms in total. The normalized spacial score (nSPS) is 49.2. The molecule has 0 aromatic heterocycles. The number of hydrogen-bond donors (Lipinski definition) is 1. The van der Waals surface area contributed by atoms with Gasteiger partial charge < -0.3 is 5.73 Å². The molecule has 1 fully saturated rings. The minimum atomic E-state index is 0.0857. The molecule has 0 bridgehead atoms. The Morgan fingerprint density at radius 3 is 2.33 bits per heavy atom. The van der Waals surface area contributed by atoms with Crippen LogP contribution < -0.4 is 5.73 Å². The highest BCUT2D eigenvalue weighted by molar-refractivity contribution is 4.94. The van der Waals surface area contributed by atoms with Crippen LogP contribution in [0.4, 0.5) is 0 Å². The van der Waals surface area contributed by atoms with E-state index in [0.29, 0.717) is 5.41 Å². The van der Waals surface area contributed by atoms with Crippen molar-refractivity contribution in [3.05, 3.63) is 0 Å². The van der Waals surface area contributed by atoms with Crippen molar-refractivity contribution in [3.8, 4) is 0 Å². The zero-order valence-corrected chi connectivity index (χ0v) is 8.98. The van der Waals surface area contributed by atoms with Gasteiger partial charge in [-0.15, -0.1) is 0 Å². The number of hydrogen-bond acceptors (Lipinski definition) is 1. The second-order valence-corrected chi connectivity index (χ2v) is 5.51. The van der Waals surface area contributed by atoms with Crippen molar-refractivity contribution >= 4 is 0 Å². The van der Waals surface area contributed by atoms with Gasteiger partial charge in [-0.2, -0.15) is 0 Å². The van der Waals surface area contributed by atoms with Gasteiger partial charge in [-0.25, -0.2) is 0 Å². The summed E-state index contributed by atoms with van der Waals surface area (Å²) in [7, 11) is 0. The fraction of sp³-hybridized carbons (Fsp3) is 1.00. The highest BCUT2D eigenvalue weighted by atomic mass is 14.7. The van der Waals surface area contributed by atoms with Crippen LogP contribution in [0.25, 0.3) is 0 Å². The van der Waals surface area contributed by atoms with Crippen LogP contribution >= 0.6 is 0 Å². The highest BCUT2D eigenvalue weighted by Crippen LogP contribution is 2.44. The van der Waals surface area contributed by atoms with E-state index in [9.17, 15) is 0 Å². The Morgan fingerprint density at radius 2 is 1.92 bits per heavy atom. The third-order valence-electron chi connectivity index (χ3n) is 3.34. The van der Waals surface area contributed by atoms with Gasteiger partial charge in [0.2, 0.25) is 0 Å². The molecule has 12 heavy (non-hydrogen) atoms. The molecule has 0 radical (unpaired) electrons. The van der Waals surface area contributed by atoms with Crippen LogP contribution in [0, 0.1) is 11.3 Å². The van der Waals surface area contributed by atoms with Crippen molar-refractivity contribution in [2.45, 2.75) is 58.9 Å². The standard InChI is InChI=1S/C11H23N/c1-5-10(3)6-9(2)7-11(4,12)8-10/h9H,5-8,12H2,1-4H3/t9-,10-,11+/m0/s1. The number of rotatable bonds is 1. The summed E-state index contributed by atoms with van der Waals surface area (Å²) in [5.74, 6) is 0.804. The van der Waals surface area contributed by atoms with E-state index in [4.69, 9.17) is 5.73 Å². The maximum absolute atomic E-state index is 6.22. The summed E-state index contributed by atoms with van der Waals surface area (Å²) in [6, 6.07) is 0. The van der Waals surface area contributed by atoms with Gasteiger partial charge in [-0.05, 0) is 37.5 Å². The second-order valence-electron chi connectivity index (χ2n) is 5.51. The van der Waals surface area contributed by atoms with Crippen LogP contribution in [0.15, 0.2) is 0 Å². The smallest absolute Gasteiger partial charge is 0.0133 e. The first-order valence-corrected chi connectivity index (χ1v) is 5.16. The summed E-state index contributed by atoms with van der Waals surface area (Å²) in [6.07, 6.45) is 5.02. The van der Waals surface area contributed by atoms with E-state index >= 15 is 0 Å². The molecule has 0 unspecified atom stereocenters. The fourth-order valence-corrected chi connectivity index (χ4v) is 3.10. The molecular formula is C11H23N. The van der Waals surface area contributed by atoms with Crippen molar-refractivity contribution in [1.82, 2.24) is 0 Å². The summed E-state index contributed by atoms with van der Waals surface area (Å²) < 4.78 is 0. The molecule has 1 rings (SSSR count). The molecule has 3 atom stereocenters. The van der Waals surface area contributed by atoms with Gasteiger partial charge in [0.05, 0.1) is 0 Å². The van der Waals surface area contributed by atoms with Crippen LogP contribution in [0.5, 0.6) is 0 Å². The van der Waals surface area contributed by atoms with Gasteiger partial charge in [0.25, 0.3) is 0 Å². The molecule has 0 spiro atoms. The van der Waals surface area contributed by atoms with Gasteiger partial charge in [0.15, 0.2) is 0 Å². The molecule has 0 aliphatic heterocycles. The first-order valence-electron chi connectivity index (χ1n) is 5.16. The van der Waals surface area contributed by atoms with Crippen molar-refractivity contribution < 1.29 is 0 Å². The van der Waals surface area contributed by atoms with E-state index in [2.05, 4.69) is 27.7 Å². The molecule has 0 amide bonds. The predicted octanol–water partition coefficient (Wildman–Crippen LogP) is 2.94. The third-order valence-corrected chi connectivity index (χ3v) is 3.34. The van der Waals surface area contributed by atoms with E-state index in [0.717, 1.165) is 5.92 Å². The first kappa shape index (κ1) is 10.0. The molecule has 0 heterocycles. The topological polar surface area (TPSA) is 26.0 Å². The van der Waals surface area contributed by atoms with E-state index in [-0.39, 0.29) is 5.54 Å². The lowest BCUT2D eigenvalue weighted by atomic mass is 9.63. The van der Waals surface area contributed by atoms with Crippen molar-refractivity contribution in [1.29, 1.82) is 0 Å². The maximum Gasteiger partial charge on any atom is 0.0133 e. The van der Waals surface area contributed by atoms with Gasteiger partial charge in [-0.1, -0.05) is 27.2 Å². The maximum atomic E-state index is 6.22. The lowest BCUT2D eigenvalue weighted by Crippen LogP contribution is -2.47. The summed E-state index contributed by atoms with van der Waals surface area (Å²) in [6.45, 7) is 9.20. The zero-order valence-electron chi connectivity index (χ0n) is 8.98. The minimum absolute atomic E-state index is 0.0857. The van der Waals surface area contributed by atoms with Crippen molar-refractivity contribution in [2.24, 2.45) is 17.1 Å². The molecule has 1 heteroatoms. The van der Waals surface area contributed by atoms with Crippen molar-refractivity contribution in [2.75, 3.05) is 0 Å². The average Bonchev–Trinajstić information content (AvgIpc) is 1.82. The van der Waals surface area contributed by atoms with E-state index < -0.39 is 0 Å². The molecule has 0 saturated heterocycles. The quantitative estimate of drug-likeness (QED) is 0.641. The highest BCUT2D eigenvalue weighted by Gasteiger charge is 2.38.